The molecule has 1 fully saturated rings. The number of amides is 2. The van der Waals surface area contributed by atoms with E-state index < -0.39 is 0 Å². The number of pyridine rings is 1. The number of likely N-dealkylation sites (tertiary alicyclic amines) is 1. The van der Waals surface area contributed by atoms with Crippen LogP contribution >= 0.6 is 0 Å². The van der Waals surface area contributed by atoms with Gasteiger partial charge in [-0.25, -0.2) is 0 Å². The van der Waals surface area contributed by atoms with Crippen molar-refractivity contribution in [2.45, 2.75) is 26.2 Å². The molecular weight excluding hydrogens is 316 g/mol. The Hall–Kier alpha value is -2.89. The van der Waals surface area contributed by atoms with E-state index in [4.69, 9.17) is 0 Å². The molecule has 0 aliphatic carbocycles. The van der Waals surface area contributed by atoms with Crippen LogP contribution in [0.15, 0.2) is 42.6 Å². The Morgan fingerprint density at radius 2 is 1.64 bits per heavy atom. The normalized spacial score (nSPS) is 14.0. The average Bonchev–Trinajstić information content (AvgIpc) is 2.63. The summed E-state index contributed by atoms with van der Waals surface area (Å²) >= 11 is 0. The molecule has 6 nitrogen and oxygen atoms in total. The number of piperidine rings is 1. The van der Waals surface area contributed by atoms with Gasteiger partial charge >= 0.3 is 0 Å². The molecule has 130 valence electrons. The Labute approximate surface area is 147 Å². The van der Waals surface area contributed by atoms with Gasteiger partial charge in [-0.2, -0.15) is 0 Å². The van der Waals surface area contributed by atoms with E-state index >= 15 is 0 Å². The van der Waals surface area contributed by atoms with Crippen molar-refractivity contribution in [1.29, 1.82) is 0 Å². The molecule has 0 atom stereocenters. The molecule has 3 rings (SSSR count). The van der Waals surface area contributed by atoms with Crippen LogP contribution in [0.5, 0.6) is 0 Å². The van der Waals surface area contributed by atoms with Gasteiger partial charge in [-0.15, -0.1) is 0 Å². The quantitative estimate of drug-likeness (QED) is 0.896. The Kier molecular flexibility index (Phi) is 5.28. The lowest BCUT2D eigenvalue weighted by atomic mass is 10.1. The Balaban J connectivity index is 1.68. The number of anilines is 3. The van der Waals surface area contributed by atoms with Gasteiger partial charge in [0.2, 0.25) is 5.91 Å². The van der Waals surface area contributed by atoms with Gasteiger partial charge in [-0.3, -0.25) is 14.6 Å². The van der Waals surface area contributed by atoms with E-state index in [1.807, 2.05) is 35.2 Å². The zero-order chi connectivity index (χ0) is 17.6. The van der Waals surface area contributed by atoms with Gasteiger partial charge in [0, 0.05) is 43.3 Å². The van der Waals surface area contributed by atoms with Gasteiger partial charge in [0.25, 0.3) is 5.91 Å². The summed E-state index contributed by atoms with van der Waals surface area (Å²) < 4.78 is 0. The molecule has 1 aromatic heterocycles. The predicted octanol–water partition coefficient (Wildman–Crippen LogP) is 3.41. The predicted molar refractivity (Wildman–Crippen MR) is 98.0 cm³/mol. The highest BCUT2D eigenvalue weighted by molar-refractivity contribution is 5.93. The standard InChI is InChI=1S/C19H22N4O2/c1-14(24)21-15-5-7-16(8-6-15)22-17-9-10-20-18(13-17)19(25)23-11-3-2-4-12-23/h5-10,13H,2-4,11-12H2,1H3,(H,20,22)(H,21,24). The lowest BCUT2D eigenvalue weighted by molar-refractivity contribution is -0.114. The van der Waals surface area contributed by atoms with Crippen LogP contribution in [0.2, 0.25) is 0 Å². The van der Waals surface area contributed by atoms with E-state index in [1.165, 1.54) is 13.3 Å². The van der Waals surface area contributed by atoms with Crippen LogP contribution in [0.25, 0.3) is 0 Å². The Morgan fingerprint density at radius 3 is 2.32 bits per heavy atom. The topological polar surface area (TPSA) is 74.3 Å². The minimum absolute atomic E-state index is 0.00986. The van der Waals surface area contributed by atoms with E-state index in [1.54, 1.807) is 12.3 Å². The van der Waals surface area contributed by atoms with Crippen LogP contribution < -0.4 is 10.6 Å². The Morgan fingerprint density at radius 1 is 0.960 bits per heavy atom. The average molecular weight is 338 g/mol. The second kappa shape index (κ2) is 7.79. The highest BCUT2D eigenvalue weighted by Gasteiger charge is 2.19. The summed E-state index contributed by atoms with van der Waals surface area (Å²) in [5.41, 5.74) is 2.88. The lowest BCUT2D eigenvalue weighted by Crippen LogP contribution is -2.36. The number of carbonyl (C=O) groups excluding carboxylic acids is 2. The van der Waals surface area contributed by atoms with E-state index in [0.29, 0.717) is 5.69 Å². The number of benzene rings is 1. The van der Waals surface area contributed by atoms with Crippen molar-refractivity contribution < 1.29 is 9.59 Å². The SMILES string of the molecule is CC(=O)Nc1ccc(Nc2ccnc(C(=O)N3CCCCC3)c2)cc1. The molecule has 0 unspecified atom stereocenters. The van der Waals surface area contributed by atoms with Crippen LogP contribution in [-0.2, 0) is 4.79 Å². The molecule has 1 aliphatic heterocycles. The molecule has 2 N–H and O–H groups in total. The van der Waals surface area contributed by atoms with Crippen LogP contribution in [-0.4, -0.2) is 34.8 Å². The molecule has 0 radical (unpaired) electrons. The number of hydrogen-bond acceptors (Lipinski definition) is 4. The fraction of sp³-hybridized carbons (Fsp3) is 0.316. The third-order valence-electron chi connectivity index (χ3n) is 4.12. The molecule has 2 heterocycles. The van der Waals surface area contributed by atoms with Crippen molar-refractivity contribution in [3.8, 4) is 0 Å². The molecule has 1 saturated heterocycles. The highest BCUT2D eigenvalue weighted by atomic mass is 16.2. The number of aromatic nitrogens is 1. The smallest absolute Gasteiger partial charge is 0.272 e. The number of carbonyl (C=O) groups is 2. The molecule has 0 spiro atoms. The summed E-state index contributed by atoms with van der Waals surface area (Å²) in [6.07, 6.45) is 4.95. The zero-order valence-corrected chi connectivity index (χ0v) is 14.3. The van der Waals surface area contributed by atoms with Crippen molar-refractivity contribution in [2.75, 3.05) is 23.7 Å². The first-order valence-corrected chi connectivity index (χ1v) is 8.52. The van der Waals surface area contributed by atoms with E-state index in [-0.39, 0.29) is 11.8 Å². The van der Waals surface area contributed by atoms with E-state index in [0.717, 1.165) is 43.0 Å². The zero-order valence-electron chi connectivity index (χ0n) is 14.3. The number of nitrogens with zero attached hydrogens (tertiary/aromatic N) is 2. The van der Waals surface area contributed by atoms with Crippen molar-refractivity contribution >= 4 is 28.9 Å². The lowest BCUT2D eigenvalue weighted by Gasteiger charge is -2.26. The van der Waals surface area contributed by atoms with Crippen LogP contribution in [0.1, 0.15) is 36.7 Å². The summed E-state index contributed by atoms with van der Waals surface area (Å²) in [6.45, 7) is 3.09. The van der Waals surface area contributed by atoms with Crippen molar-refractivity contribution in [3.63, 3.8) is 0 Å². The van der Waals surface area contributed by atoms with E-state index in [2.05, 4.69) is 15.6 Å². The summed E-state index contributed by atoms with van der Waals surface area (Å²) in [7, 11) is 0. The number of hydrogen-bond donors (Lipinski definition) is 2. The van der Waals surface area contributed by atoms with Crippen molar-refractivity contribution in [3.05, 3.63) is 48.3 Å². The van der Waals surface area contributed by atoms with Crippen LogP contribution in [0.4, 0.5) is 17.1 Å². The Bertz CT molecular complexity index is 752. The summed E-state index contributed by atoms with van der Waals surface area (Å²) in [5.74, 6) is -0.111. The van der Waals surface area contributed by atoms with Crippen molar-refractivity contribution in [1.82, 2.24) is 9.88 Å². The first kappa shape index (κ1) is 17.0. The number of nitrogens with one attached hydrogen (secondary N) is 2. The second-order valence-electron chi connectivity index (χ2n) is 6.17. The first-order valence-electron chi connectivity index (χ1n) is 8.52. The molecule has 2 amide bonds. The van der Waals surface area contributed by atoms with Gasteiger partial charge in [-0.05, 0) is 55.7 Å². The summed E-state index contributed by atoms with van der Waals surface area (Å²) in [5, 5.41) is 5.99. The fourth-order valence-corrected chi connectivity index (χ4v) is 2.89. The number of rotatable bonds is 4. The molecule has 0 bridgehead atoms. The molecule has 0 saturated carbocycles. The largest absolute Gasteiger partial charge is 0.355 e. The summed E-state index contributed by atoms with van der Waals surface area (Å²) in [6, 6.07) is 11.0. The molecule has 25 heavy (non-hydrogen) atoms. The van der Waals surface area contributed by atoms with Crippen molar-refractivity contribution in [2.24, 2.45) is 0 Å². The maximum atomic E-state index is 12.5. The van der Waals surface area contributed by atoms with E-state index in [9.17, 15) is 9.59 Å². The molecule has 1 aromatic carbocycles. The maximum absolute atomic E-state index is 12.5. The summed E-state index contributed by atoms with van der Waals surface area (Å²) in [4.78, 5) is 29.7. The van der Waals surface area contributed by atoms with Crippen LogP contribution in [0.3, 0.4) is 0 Å². The highest BCUT2D eigenvalue weighted by Crippen LogP contribution is 2.20. The third kappa shape index (κ3) is 4.56. The third-order valence-corrected chi connectivity index (χ3v) is 4.12. The molecule has 2 aromatic rings. The second-order valence-corrected chi connectivity index (χ2v) is 6.17. The fourth-order valence-electron chi connectivity index (χ4n) is 2.89. The molecule has 1 aliphatic rings. The van der Waals surface area contributed by atoms with Gasteiger partial charge in [0.05, 0.1) is 0 Å². The molecule has 6 heteroatoms. The monoisotopic (exact) mass is 338 g/mol. The maximum Gasteiger partial charge on any atom is 0.272 e. The first-order chi connectivity index (χ1) is 12.1. The van der Waals surface area contributed by atoms with Gasteiger partial charge < -0.3 is 15.5 Å². The van der Waals surface area contributed by atoms with Gasteiger partial charge in [0.15, 0.2) is 0 Å². The minimum Gasteiger partial charge on any atom is -0.355 e. The van der Waals surface area contributed by atoms with Gasteiger partial charge in [-0.1, -0.05) is 0 Å². The molecular formula is C19H22N4O2. The van der Waals surface area contributed by atoms with Crippen LogP contribution in [0, 0.1) is 0 Å². The van der Waals surface area contributed by atoms with Gasteiger partial charge in [0.1, 0.15) is 5.69 Å². The minimum atomic E-state index is -0.101.